The van der Waals surface area contributed by atoms with Crippen LogP contribution in [0.3, 0.4) is 0 Å². The number of halogens is 4. The van der Waals surface area contributed by atoms with E-state index < -0.39 is 24.0 Å². The quantitative estimate of drug-likeness (QED) is 0.882. The fourth-order valence-electron chi connectivity index (χ4n) is 1.73. The van der Waals surface area contributed by atoms with Crippen LogP contribution in [0.4, 0.5) is 17.6 Å². The van der Waals surface area contributed by atoms with Crippen molar-refractivity contribution in [1.29, 1.82) is 0 Å². The van der Waals surface area contributed by atoms with Crippen LogP contribution in [-0.2, 0) is 6.42 Å². The van der Waals surface area contributed by atoms with Crippen molar-refractivity contribution >= 4 is 0 Å². The van der Waals surface area contributed by atoms with E-state index in [9.17, 15) is 17.6 Å². The molecule has 0 saturated carbocycles. The van der Waals surface area contributed by atoms with Crippen LogP contribution in [0.15, 0.2) is 28.8 Å². The van der Waals surface area contributed by atoms with E-state index in [1.807, 2.05) is 0 Å². The first-order valence-electron chi connectivity index (χ1n) is 6.09. The van der Waals surface area contributed by atoms with Crippen molar-refractivity contribution in [3.05, 3.63) is 47.4 Å². The van der Waals surface area contributed by atoms with Gasteiger partial charge in [0.05, 0.1) is 5.92 Å². The standard InChI is InChI=1S/C13H12F4N2O2/c1-7(11(20)13(15,16)17)12-18-10(19-21-12)6-8-2-4-9(14)5-3-8/h2-5,7,11,20H,6H2,1H3. The van der Waals surface area contributed by atoms with Crippen LogP contribution in [0, 0.1) is 5.82 Å². The van der Waals surface area contributed by atoms with Gasteiger partial charge in [-0.3, -0.25) is 0 Å². The zero-order valence-electron chi connectivity index (χ0n) is 10.9. The van der Waals surface area contributed by atoms with Gasteiger partial charge in [-0.25, -0.2) is 4.39 Å². The molecule has 1 aromatic heterocycles. The molecule has 1 N–H and O–H groups in total. The van der Waals surface area contributed by atoms with Gasteiger partial charge < -0.3 is 9.63 Å². The Kier molecular flexibility index (Phi) is 4.26. The van der Waals surface area contributed by atoms with E-state index >= 15 is 0 Å². The summed E-state index contributed by atoms with van der Waals surface area (Å²) < 4.78 is 54.7. The van der Waals surface area contributed by atoms with Gasteiger partial charge in [0, 0.05) is 6.42 Å². The van der Waals surface area contributed by atoms with Crippen LogP contribution >= 0.6 is 0 Å². The molecule has 0 aliphatic carbocycles. The fourth-order valence-corrected chi connectivity index (χ4v) is 1.73. The molecule has 4 nitrogen and oxygen atoms in total. The Morgan fingerprint density at radius 1 is 1.24 bits per heavy atom. The number of hydrogen-bond acceptors (Lipinski definition) is 4. The molecular weight excluding hydrogens is 292 g/mol. The van der Waals surface area contributed by atoms with Gasteiger partial charge in [-0.15, -0.1) is 0 Å². The number of hydrogen-bond donors (Lipinski definition) is 1. The molecule has 0 spiro atoms. The lowest BCUT2D eigenvalue weighted by Gasteiger charge is -2.17. The van der Waals surface area contributed by atoms with Crippen LogP contribution in [-0.4, -0.2) is 27.5 Å². The lowest BCUT2D eigenvalue weighted by atomic mass is 10.0. The zero-order valence-corrected chi connectivity index (χ0v) is 10.9. The van der Waals surface area contributed by atoms with Crippen molar-refractivity contribution in [1.82, 2.24) is 10.1 Å². The first-order valence-corrected chi connectivity index (χ1v) is 6.09. The summed E-state index contributed by atoms with van der Waals surface area (Å²) in [6.45, 7) is 1.15. The molecule has 0 aliphatic heterocycles. The Morgan fingerprint density at radius 2 is 1.86 bits per heavy atom. The minimum atomic E-state index is -4.76. The number of aliphatic hydroxyl groups excluding tert-OH is 1. The second kappa shape index (κ2) is 5.80. The largest absolute Gasteiger partial charge is 0.415 e. The lowest BCUT2D eigenvalue weighted by molar-refractivity contribution is -0.210. The Labute approximate surface area is 117 Å². The number of aromatic nitrogens is 2. The molecule has 0 radical (unpaired) electrons. The summed E-state index contributed by atoms with van der Waals surface area (Å²) in [5.41, 5.74) is 0.688. The zero-order chi connectivity index (χ0) is 15.6. The maximum absolute atomic E-state index is 12.8. The number of benzene rings is 1. The van der Waals surface area contributed by atoms with Gasteiger partial charge in [0.1, 0.15) is 5.82 Å². The smallest absolute Gasteiger partial charge is 0.383 e. The summed E-state index contributed by atoms with van der Waals surface area (Å²) in [7, 11) is 0. The van der Waals surface area contributed by atoms with Crippen molar-refractivity contribution in [2.24, 2.45) is 0 Å². The predicted molar refractivity (Wildman–Crippen MR) is 64.0 cm³/mol. The van der Waals surface area contributed by atoms with E-state index in [4.69, 9.17) is 9.63 Å². The molecule has 1 aromatic carbocycles. The van der Waals surface area contributed by atoms with Crippen LogP contribution < -0.4 is 0 Å². The summed E-state index contributed by atoms with van der Waals surface area (Å²) in [6, 6.07) is 5.54. The molecule has 2 rings (SSSR count). The maximum atomic E-state index is 12.8. The van der Waals surface area contributed by atoms with Crippen molar-refractivity contribution in [3.63, 3.8) is 0 Å². The molecule has 0 fully saturated rings. The summed E-state index contributed by atoms with van der Waals surface area (Å²) in [4.78, 5) is 3.83. The molecular formula is C13H12F4N2O2. The highest BCUT2D eigenvalue weighted by molar-refractivity contribution is 5.19. The highest BCUT2D eigenvalue weighted by atomic mass is 19.4. The third-order valence-corrected chi connectivity index (χ3v) is 2.96. The van der Waals surface area contributed by atoms with Gasteiger partial charge in [0.2, 0.25) is 5.89 Å². The number of nitrogens with zero attached hydrogens (tertiary/aromatic N) is 2. The Morgan fingerprint density at radius 3 is 2.43 bits per heavy atom. The van der Waals surface area contributed by atoms with Crippen molar-refractivity contribution in [3.8, 4) is 0 Å². The molecule has 21 heavy (non-hydrogen) atoms. The molecule has 0 bridgehead atoms. The van der Waals surface area contributed by atoms with Gasteiger partial charge in [-0.1, -0.05) is 24.2 Å². The summed E-state index contributed by atoms with van der Waals surface area (Å²) in [5.74, 6) is -1.89. The predicted octanol–water partition coefficient (Wildman–Crippen LogP) is 2.83. The monoisotopic (exact) mass is 304 g/mol. The third-order valence-electron chi connectivity index (χ3n) is 2.96. The number of alkyl halides is 3. The van der Waals surface area contributed by atoms with Gasteiger partial charge in [0.25, 0.3) is 0 Å². The van der Waals surface area contributed by atoms with E-state index in [0.717, 1.165) is 6.92 Å². The van der Waals surface area contributed by atoms with Crippen molar-refractivity contribution in [2.45, 2.75) is 31.5 Å². The molecule has 0 saturated heterocycles. The van der Waals surface area contributed by atoms with Gasteiger partial charge >= 0.3 is 6.18 Å². The molecule has 0 aliphatic rings. The second-order valence-electron chi connectivity index (χ2n) is 4.63. The third kappa shape index (κ3) is 3.78. The molecule has 8 heteroatoms. The summed E-state index contributed by atoms with van der Waals surface area (Å²) in [5, 5.41) is 12.7. The van der Waals surface area contributed by atoms with Crippen LogP contribution in [0.2, 0.25) is 0 Å². The highest BCUT2D eigenvalue weighted by Gasteiger charge is 2.44. The van der Waals surface area contributed by atoms with E-state index in [2.05, 4.69) is 10.1 Å². The topological polar surface area (TPSA) is 59.2 Å². The summed E-state index contributed by atoms with van der Waals surface area (Å²) in [6.07, 6.45) is -7.14. The SMILES string of the molecule is CC(c1nc(Cc2ccc(F)cc2)no1)C(O)C(F)(F)F. The summed E-state index contributed by atoms with van der Waals surface area (Å²) >= 11 is 0. The molecule has 2 unspecified atom stereocenters. The Balaban J connectivity index is 2.09. The first-order chi connectivity index (χ1) is 9.77. The maximum Gasteiger partial charge on any atom is 0.415 e. The minimum absolute atomic E-state index is 0.165. The molecule has 0 amide bonds. The molecule has 1 heterocycles. The average Bonchev–Trinajstić information content (AvgIpc) is 2.87. The van der Waals surface area contributed by atoms with E-state index in [0.29, 0.717) is 5.56 Å². The number of aliphatic hydroxyl groups is 1. The van der Waals surface area contributed by atoms with E-state index in [1.54, 1.807) is 0 Å². The van der Waals surface area contributed by atoms with Crippen molar-refractivity contribution < 1.29 is 27.2 Å². The lowest BCUT2D eigenvalue weighted by Crippen LogP contribution is -2.33. The normalized spacial score (nSPS) is 15.0. The van der Waals surface area contributed by atoms with Crippen LogP contribution in [0.5, 0.6) is 0 Å². The minimum Gasteiger partial charge on any atom is -0.383 e. The van der Waals surface area contributed by atoms with Crippen molar-refractivity contribution in [2.75, 3.05) is 0 Å². The van der Waals surface area contributed by atoms with Gasteiger partial charge in [-0.05, 0) is 17.7 Å². The first kappa shape index (κ1) is 15.4. The van der Waals surface area contributed by atoms with Gasteiger partial charge in [-0.2, -0.15) is 18.2 Å². The van der Waals surface area contributed by atoms with E-state index in [1.165, 1.54) is 24.3 Å². The molecule has 114 valence electrons. The van der Waals surface area contributed by atoms with Crippen LogP contribution in [0.1, 0.15) is 30.1 Å². The molecule has 2 atom stereocenters. The molecule has 2 aromatic rings. The fraction of sp³-hybridized carbons (Fsp3) is 0.385. The van der Waals surface area contributed by atoms with Crippen LogP contribution in [0.25, 0.3) is 0 Å². The highest BCUT2D eigenvalue weighted by Crippen LogP contribution is 2.30. The second-order valence-corrected chi connectivity index (χ2v) is 4.63. The average molecular weight is 304 g/mol. The Hall–Kier alpha value is -1.96. The van der Waals surface area contributed by atoms with Gasteiger partial charge in [0.15, 0.2) is 11.9 Å². The van der Waals surface area contributed by atoms with E-state index in [-0.39, 0.29) is 18.1 Å². The Bertz CT molecular complexity index is 595. The number of rotatable bonds is 4.